The Morgan fingerprint density at radius 1 is 1.39 bits per heavy atom. The first-order chi connectivity index (χ1) is 8.86. The zero-order chi connectivity index (χ0) is 12.4. The molecule has 1 aliphatic carbocycles. The predicted octanol–water partition coefficient (Wildman–Crippen LogP) is 2.42. The first-order valence-corrected chi connectivity index (χ1v) is 7.46. The fraction of sp³-hybridized carbons (Fsp3) is 0.857. The van der Waals surface area contributed by atoms with Gasteiger partial charge in [0, 0.05) is 18.0 Å². The number of hydrogen-bond acceptors (Lipinski definition) is 3. The second-order valence-corrected chi connectivity index (χ2v) is 5.91. The van der Waals surface area contributed by atoms with Crippen molar-refractivity contribution < 1.29 is 0 Å². The Morgan fingerprint density at radius 3 is 2.89 bits per heavy atom. The van der Waals surface area contributed by atoms with Crippen LogP contribution in [0.3, 0.4) is 0 Å². The van der Waals surface area contributed by atoms with Gasteiger partial charge in [-0.3, -0.25) is 0 Å². The lowest BCUT2D eigenvalue weighted by Gasteiger charge is -2.31. The van der Waals surface area contributed by atoms with Crippen molar-refractivity contribution in [1.29, 1.82) is 0 Å². The van der Waals surface area contributed by atoms with Crippen molar-refractivity contribution in [2.45, 2.75) is 63.3 Å². The van der Waals surface area contributed by atoms with Crippen LogP contribution in [0.25, 0.3) is 0 Å². The van der Waals surface area contributed by atoms with Gasteiger partial charge in [-0.2, -0.15) is 0 Å². The number of nitrogens with zero attached hydrogens (tertiary/aromatic N) is 3. The number of nitrogens with one attached hydrogen (secondary N) is 1. The van der Waals surface area contributed by atoms with Gasteiger partial charge in [-0.25, -0.2) is 0 Å². The topological polar surface area (TPSA) is 42.7 Å². The van der Waals surface area contributed by atoms with E-state index in [1.807, 2.05) is 6.33 Å². The van der Waals surface area contributed by atoms with Crippen molar-refractivity contribution in [2.75, 3.05) is 13.1 Å². The van der Waals surface area contributed by atoms with Crippen LogP contribution < -0.4 is 5.32 Å². The summed E-state index contributed by atoms with van der Waals surface area (Å²) in [4.78, 5) is 0. The summed E-state index contributed by atoms with van der Waals surface area (Å²) in [5.41, 5.74) is 0.230. The third-order valence-corrected chi connectivity index (χ3v) is 4.94. The van der Waals surface area contributed by atoms with E-state index in [4.69, 9.17) is 0 Å². The maximum atomic E-state index is 4.49. The summed E-state index contributed by atoms with van der Waals surface area (Å²) in [5, 5.41) is 12.2. The normalized spacial score (nSPS) is 29.8. The van der Waals surface area contributed by atoms with E-state index >= 15 is 0 Å². The first kappa shape index (κ1) is 12.2. The van der Waals surface area contributed by atoms with E-state index in [-0.39, 0.29) is 5.41 Å². The van der Waals surface area contributed by atoms with Crippen molar-refractivity contribution in [3.8, 4) is 0 Å². The van der Waals surface area contributed by atoms with E-state index < -0.39 is 0 Å². The minimum absolute atomic E-state index is 0.230. The van der Waals surface area contributed by atoms with Crippen LogP contribution in [0, 0.1) is 0 Å². The largest absolute Gasteiger partial charge is 0.316 e. The van der Waals surface area contributed by atoms with Gasteiger partial charge in [0.2, 0.25) is 0 Å². The van der Waals surface area contributed by atoms with E-state index in [2.05, 4.69) is 27.0 Å². The molecule has 1 aromatic rings. The Kier molecular flexibility index (Phi) is 3.37. The first-order valence-electron chi connectivity index (χ1n) is 7.46. The van der Waals surface area contributed by atoms with Crippen LogP contribution in [0.15, 0.2) is 6.33 Å². The molecule has 1 aromatic heterocycles. The Bertz CT molecular complexity index is 386. The van der Waals surface area contributed by atoms with Gasteiger partial charge in [0.1, 0.15) is 12.2 Å². The molecule has 1 N–H and O–H groups in total. The molecule has 4 heteroatoms. The third-order valence-electron chi connectivity index (χ3n) is 4.94. The molecular weight excluding hydrogens is 224 g/mol. The molecule has 1 saturated heterocycles. The van der Waals surface area contributed by atoms with E-state index in [9.17, 15) is 0 Å². The fourth-order valence-corrected chi connectivity index (χ4v) is 3.64. The summed E-state index contributed by atoms with van der Waals surface area (Å²) >= 11 is 0. The van der Waals surface area contributed by atoms with E-state index in [0.29, 0.717) is 6.04 Å². The van der Waals surface area contributed by atoms with Gasteiger partial charge in [0.25, 0.3) is 0 Å². The lowest BCUT2D eigenvalue weighted by Crippen LogP contribution is -2.33. The molecule has 0 amide bonds. The molecule has 100 valence electrons. The molecule has 2 heterocycles. The minimum atomic E-state index is 0.230. The standard InChI is InChI=1S/C14H24N4/c1-2-14(8-9-15-10-14)13-17-16-11-18(13)12-6-4-3-5-7-12/h11-12,15H,2-10H2,1H3. The van der Waals surface area contributed by atoms with Crippen molar-refractivity contribution in [2.24, 2.45) is 0 Å². The summed E-state index contributed by atoms with van der Waals surface area (Å²) < 4.78 is 2.40. The molecule has 0 aromatic carbocycles. The van der Waals surface area contributed by atoms with E-state index in [1.165, 1.54) is 44.3 Å². The van der Waals surface area contributed by atoms with E-state index in [0.717, 1.165) is 19.5 Å². The molecule has 2 aliphatic rings. The molecule has 4 nitrogen and oxygen atoms in total. The highest BCUT2D eigenvalue weighted by atomic mass is 15.3. The van der Waals surface area contributed by atoms with Crippen molar-refractivity contribution >= 4 is 0 Å². The second-order valence-electron chi connectivity index (χ2n) is 5.91. The van der Waals surface area contributed by atoms with Gasteiger partial charge >= 0.3 is 0 Å². The Labute approximate surface area is 109 Å². The van der Waals surface area contributed by atoms with Gasteiger partial charge in [-0.1, -0.05) is 26.2 Å². The zero-order valence-corrected chi connectivity index (χ0v) is 11.4. The van der Waals surface area contributed by atoms with Crippen molar-refractivity contribution in [1.82, 2.24) is 20.1 Å². The molecule has 0 radical (unpaired) electrons. The summed E-state index contributed by atoms with van der Waals surface area (Å²) in [6, 6.07) is 0.646. The van der Waals surface area contributed by atoms with Gasteiger partial charge in [-0.05, 0) is 32.2 Å². The molecule has 1 saturated carbocycles. The Morgan fingerprint density at radius 2 is 2.22 bits per heavy atom. The van der Waals surface area contributed by atoms with Crippen LogP contribution in [0.1, 0.15) is 63.7 Å². The molecule has 1 aliphatic heterocycles. The van der Waals surface area contributed by atoms with Crippen LogP contribution >= 0.6 is 0 Å². The average molecular weight is 248 g/mol. The number of aromatic nitrogens is 3. The maximum absolute atomic E-state index is 4.49. The van der Waals surface area contributed by atoms with Crippen LogP contribution in [0.4, 0.5) is 0 Å². The quantitative estimate of drug-likeness (QED) is 0.893. The van der Waals surface area contributed by atoms with Gasteiger partial charge in [0.15, 0.2) is 0 Å². The SMILES string of the molecule is CCC1(c2nncn2C2CCCCC2)CCNC1. The summed E-state index contributed by atoms with van der Waals surface area (Å²) in [6.45, 7) is 4.47. The Hall–Kier alpha value is -0.900. The molecule has 1 atom stereocenters. The molecule has 0 bridgehead atoms. The fourth-order valence-electron chi connectivity index (χ4n) is 3.64. The summed E-state index contributed by atoms with van der Waals surface area (Å²) in [6.07, 6.45) is 11.1. The molecule has 0 spiro atoms. The minimum Gasteiger partial charge on any atom is -0.316 e. The highest BCUT2D eigenvalue weighted by Gasteiger charge is 2.39. The zero-order valence-electron chi connectivity index (χ0n) is 11.4. The third kappa shape index (κ3) is 1.96. The van der Waals surface area contributed by atoms with E-state index in [1.54, 1.807) is 0 Å². The van der Waals surface area contributed by atoms with Crippen LogP contribution in [0.5, 0.6) is 0 Å². The smallest absolute Gasteiger partial charge is 0.140 e. The lowest BCUT2D eigenvalue weighted by molar-refractivity contribution is 0.315. The molecule has 2 fully saturated rings. The summed E-state index contributed by atoms with van der Waals surface area (Å²) in [5.74, 6) is 1.24. The van der Waals surface area contributed by atoms with Gasteiger partial charge < -0.3 is 9.88 Å². The maximum Gasteiger partial charge on any atom is 0.140 e. The lowest BCUT2D eigenvalue weighted by atomic mass is 9.82. The molecule has 1 unspecified atom stereocenters. The summed E-state index contributed by atoms with van der Waals surface area (Å²) in [7, 11) is 0. The predicted molar refractivity (Wildman–Crippen MR) is 71.6 cm³/mol. The Balaban J connectivity index is 1.90. The average Bonchev–Trinajstić information content (AvgIpc) is 3.09. The highest BCUT2D eigenvalue weighted by Crippen LogP contribution is 2.36. The molecular formula is C14H24N4. The van der Waals surface area contributed by atoms with Gasteiger partial charge in [0.05, 0.1) is 0 Å². The molecule has 3 rings (SSSR count). The van der Waals surface area contributed by atoms with Crippen molar-refractivity contribution in [3.05, 3.63) is 12.2 Å². The highest BCUT2D eigenvalue weighted by molar-refractivity contribution is 5.13. The van der Waals surface area contributed by atoms with Crippen LogP contribution in [0.2, 0.25) is 0 Å². The number of rotatable bonds is 3. The van der Waals surface area contributed by atoms with Crippen LogP contribution in [-0.2, 0) is 5.41 Å². The van der Waals surface area contributed by atoms with Gasteiger partial charge in [-0.15, -0.1) is 10.2 Å². The molecule has 18 heavy (non-hydrogen) atoms. The number of hydrogen-bond donors (Lipinski definition) is 1. The van der Waals surface area contributed by atoms with Crippen molar-refractivity contribution in [3.63, 3.8) is 0 Å². The monoisotopic (exact) mass is 248 g/mol. The van der Waals surface area contributed by atoms with Crippen LogP contribution in [-0.4, -0.2) is 27.9 Å². The second kappa shape index (κ2) is 5.00.